The van der Waals surface area contributed by atoms with Crippen LogP contribution in [0.1, 0.15) is 20.7 Å². The molecule has 2 atom stereocenters. The first-order valence-corrected chi connectivity index (χ1v) is 11.2. The average molecular weight is 364 g/mol. The van der Waals surface area contributed by atoms with E-state index in [1.165, 1.54) is 37.6 Å². The van der Waals surface area contributed by atoms with E-state index >= 15 is 0 Å². The van der Waals surface area contributed by atoms with E-state index in [0.717, 1.165) is 0 Å². The van der Waals surface area contributed by atoms with E-state index in [1.807, 2.05) is 0 Å². The maximum absolute atomic E-state index is 12.8. The first-order valence-electron chi connectivity index (χ1n) is 7.04. The van der Waals surface area contributed by atoms with Gasteiger partial charge in [-0.25, -0.2) is 0 Å². The van der Waals surface area contributed by atoms with E-state index in [4.69, 9.17) is 9.05 Å². The van der Waals surface area contributed by atoms with Crippen LogP contribution in [0.4, 0.5) is 0 Å². The van der Waals surface area contributed by atoms with Gasteiger partial charge in [0.05, 0.1) is 11.1 Å². The second kappa shape index (κ2) is 5.73. The van der Waals surface area contributed by atoms with Gasteiger partial charge in [0, 0.05) is 13.3 Å². The Bertz CT molecular complexity index is 872. The number of carbonyl (C=O) groups is 2. The second-order valence-corrected chi connectivity index (χ2v) is 10.0. The Morgan fingerprint density at radius 2 is 1.00 bits per heavy atom. The number of hydrogen-bond donors (Lipinski definition) is 0. The van der Waals surface area contributed by atoms with Crippen LogP contribution in [0.5, 0.6) is 11.5 Å². The summed E-state index contributed by atoms with van der Waals surface area (Å²) in [6, 6.07) is 11.9. The normalized spacial score (nSPS) is 26.6. The van der Waals surface area contributed by atoms with Crippen molar-refractivity contribution in [3.05, 3.63) is 59.7 Å². The Kier molecular flexibility index (Phi) is 3.98. The molecule has 1 heterocycles. The number of hydrogen-bond acceptors (Lipinski definition) is 6. The van der Waals surface area contributed by atoms with Crippen LogP contribution in [0.15, 0.2) is 48.5 Å². The summed E-state index contributed by atoms with van der Waals surface area (Å²) in [5.41, 5.74) is -1.58. The topological polar surface area (TPSA) is 86.7 Å². The molecule has 0 aliphatic carbocycles. The third-order valence-electron chi connectivity index (χ3n) is 3.52. The molecule has 0 N–H and O–H groups in total. The van der Waals surface area contributed by atoms with Crippen molar-refractivity contribution in [2.75, 3.05) is 13.3 Å². The molecule has 124 valence electrons. The van der Waals surface area contributed by atoms with Crippen molar-refractivity contribution in [2.24, 2.45) is 0 Å². The van der Waals surface area contributed by atoms with Gasteiger partial charge in [-0.15, -0.1) is 0 Å². The number of benzene rings is 2. The highest BCUT2D eigenvalue weighted by Gasteiger charge is 2.39. The quantitative estimate of drug-likeness (QED) is 0.650. The fourth-order valence-electron chi connectivity index (χ4n) is 2.34. The number of fused-ring (bicyclic) bond motifs is 2. The van der Waals surface area contributed by atoms with Gasteiger partial charge in [0.15, 0.2) is 0 Å². The Hall–Kier alpha value is -2.16. The molecule has 0 radical (unpaired) electrons. The van der Waals surface area contributed by atoms with Gasteiger partial charge in [-0.1, -0.05) is 24.3 Å². The third-order valence-corrected chi connectivity index (χ3v) is 6.57. The van der Waals surface area contributed by atoms with E-state index < -0.39 is 25.8 Å². The molecule has 2 aromatic carbocycles. The molecule has 2 aromatic rings. The molecule has 0 saturated carbocycles. The second-order valence-electron chi connectivity index (χ2n) is 5.48. The maximum Gasteiger partial charge on any atom is 0.314 e. The zero-order valence-corrected chi connectivity index (χ0v) is 14.8. The van der Waals surface area contributed by atoms with Crippen molar-refractivity contribution >= 4 is 25.8 Å². The van der Waals surface area contributed by atoms with Crippen molar-refractivity contribution < 1.29 is 27.8 Å². The van der Waals surface area contributed by atoms with Gasteiger partial charge in [-0.3, -0.25) is 18.7 Å². The van der Waals surface area contributed by atoms with Gasteiger partial charge in [0.1, 0.15) is 11.5 Å². The van der Waals surface area contributed by atoms with Gasteiger partial charge >= 0.3 is 14.7 Å². The molecule has 24 heavy (non-hydrogen) atoms. The lowest BCUT2D eigenvalue weighted by atomic mass is 10.2. The fourth-order valence-corrected chi connectivity index (χ4v) is 4.82. The predicted octanol–water partition coefficient (Wildman–Crippen LogP) is 4.25. The lowest BCUT2D eigenvalue weighted by Crippen LogP contribution is -2.14. The molecule has 3 rings (SSSR count). The molecule has 0 aromatic heterocycles. The van der Waals surface area contributed by atoms with Crippen molar-refractivity contribution in [3.63, 3.8) is 0 Å². The van der Waals surface area contributed by atoms with Crippen LogP contribution >= 0.6 is 14.7 Å². The Morgan fingerprint density at radius 1 is 0.667 bits per heavy atom. The monoisotopic (exact) mass is 364 g/mol. The zero-order valence-electron chi connectivity index (χ0n) is 13.0. The Balaban J connectivity index is 2.27. The van der Waals surface area contributed by atoms with E-state index in [1.54, 1.807) is 24.3 Å². The molecule has 0 bridgehead atoms. The average Bonchev–Trinajstić information content (AvgIpc) is 2.53. The molecular formula is C16H14O6P2. The summed E-state index contributed by atoms with van der Waals surface area (Å²) < 4.78 is 36.4. The first kappa shape index (κ1) is 16.7. The minimum absolute atomic E-state index is 0.0300. The van der Waals surface area contributed by atoms with Crippen molar-refractivity contribution in [3.8, 4) is 11.5 Å². The van der Waals surface area contributed by atoms with Crippen LogP contribution in [0.25, 0.3) is 0 Å². The molecule has 8 heteroatoms. The van der Waals surface area contributed by atoms with E-state index in [0.29, 0.717) is 0 Å². The fraction of sp³-hybridized carbons (Fsp3) is 0.125. The molecular weight excluding hydrogens is 350 g/mol. The van der Waals surface area contributed by atoms with Crippen LogP contribution < -0.4 is 9.05 Å². The smallest absolute Gasteiger partial charge is 0.314 e. The first-order chi connectivity index (χ1) is 11.2. The summed E-state index contributed by atoms with van der Waals surface area (Å²) in [6.45, 7) is 2.36. The maximum atomic E-state index is 12.8. The molecule has 1 aliphatic heterocycles. The Labute approximate surface area is 138 Å². The summed E-state index contributed by atoms with van der Waals surface area (Å²) in [5.74, 6) is -0.0986. The molecule has 1 aliphatic rings. The molecule has 6 nitrogen and oxygen atoms in total. The highest BCUT2D eigenvalue weighted by molar-refractivity contribution is 7.77. The summed E-state index contributed by atoms with van der Waals surface area (Å²) in [4.78, 5) is 25.3. The van der Waals surface area contributed by atoms with Crippen molar-refractivity contribution in [1.82, 2.24) is 0 Å². The van der Waals surface area contributed by atoms with Crippen LogP contribution in [-0.2, 0) is 9.13 Å². The third kappa shape index (κ3) is 2.83. The minimum atomic E-state index is -3.79. The van der Waals surface area contributed by atoms with Crippen molar-refractivity contribution in [1.29, 1.82) is 0 Å². The van der Waals surface area contributed by atoms with Crippen LogP contribution in [0.2, 0.25) is 0 Å². The molecule has 2 unspecified atom stereocenters. The van der Waals surface area contributed by atoms with Gasteiger partial charge in [0.2, 0.25) is 0 Å². The van der Waals surface area contributed by atoms with Crippen LogP contribution in [0, 0.1) is 0 Å². The highest BCUT2D eigenvalue weighted by Crippen LogP contribution is 2.55. The highest BCUT2D eigenvalue weighted by atomic mass is 31.2. The minimum Gasteiger partial charge on any atom is -0.437 e. The molecule has 0 spiro atoms. The number of para-hydroxylation sites is 2. The number of carbonyl (C=O) groups excluding carboxylic acids is 2. The summed E-state index contributed by atoms with van der Waals surface area (Å²) in [5, 5.41) is 0. The number of rotatable bonds is 0. The lowest BCUT2D eigenvalue weighted by molar-refractivity contribution is 0.104. The van der Waals surface area contributed by atoms with Gasteiger partial charge in [-0.2, -0.15) is 0 Å². The largest absolute Gasteiger partial charge is 0.437 e. The van der Waals surface area contributed by atoms with Gasteiger partial charge in [-0.05, 0) is 24.3 Å². The van der Waals surface area contributed by atoms with Gasteiger partial charge < -0.3 is 9.05 Å². The zero-order chi connectivity index (χ0) is 17.5. The Morgan fingerprint density at radius 3 is 1.38 bits per heavy atom. The predicted molar refractivity (Wildman–Crippen MR) is 89.9 cm³/mol. The summed E-state index contributed by atoms with van der Waals surface area (Å²) in [6.07, 6.45) is 0. The summed E-state index contributed by atoms with van der Waals surface area (Å²) >= 11 is 0. The molecule has 0 fully saturated rings. The van der Waals surface area contributed by atoms with E-state index in [-0.39, 0.29) is 22.6 Å². The SMILES string of the molecule is CP1(=O)Oc2ccccc2C(=O)P(C)(=O)Oc2ccccc2C1=O. The van der Waals surface area contributed by atoms with Crippen LogP contribution in [0.3, 0.4) is 0 Å². The summed E-state index contributed by atoms with van der Waals surface area (Å²) in [7, 11) is -7.58. The molecule has 0 saturated heterocycles. The molecule has 0 amide bonds. The lowest BCUT2D eigenvalue weighted by Gasteiger charge is -2.22. The van der Waals surface area contributed by atoms with E-state index in [2.05, 4.69) is 0 Å². The van der Waals surface area contributed by atoms with Crippen molar-refractivity contribution in [2.45, 2.75) is 0 Å². The van der Waals surface area contributed by atoms with Gasteiger partial charge in [0.25, 0.3) is 11.0 Å². The standard InChI is InChI=1S/C16H14O6P2/c1-23(19)15(17)11-7-3-6-10-14(11)22-24(2,20)16(18)12-8-4-5-9-13(12)21-23/h3-10H,1-2H3. The van der Waals surface area contributed by atoms with E-state index in [9.17, 15) is 18.7 Å². The van der Waals surface area contributed by atoms with Crippen LogP contribution in [-0.4, -0.2) is 24.4 Å².